The zero-order chi connectivity index (χ0) is 14.4. The lowest BCUT2D eigenvalue weighted by Gasteiger charge is -1.94. The largest absolute Gasteiger partial charge is 0.508 e. The SMILES string of the molecule is NC(=O)CSc1n[nH]c(N/N=C\c2ccc(O)cc2)n1. The van der Waals surface area contributed by atoms with E-state index < -0.39 is 5.91 Å². The Bertz CT molecular complexity index is 610. The van der Waals surface area contributed by atoms with Crippen LogP contribution < -0.4 is 11.2 Å². The molecule has 8 nitrogen and oxygen atoms in total. The van der Waals surface area contributed by atoms with Crippen LogP contribution in [0.5, 0.6) is 5.75 Å². The average molecular weight is 292 g/mol. The number of phenols is 1. The first-order chi connectivity index (χ1) is 9.63. The molecule has 20 heavy (non-hydrogen) atoms. The standard InChI is InChI=1S/C11H12N6O2S/c12-9(19)6-20-11-14-10(16-17-11)15-13-5-7-1-3-8(18)4-2-7/h1-5,18H,6H2,(H2,12,19)(H2,14,15,16,17)/b13-5-. The van der Waals surface area contributed by atoms with Gasteiger partial charge in [0.15, 0.2) is 0 Å². The van der Waals surface area contributed by atoms with E-state index in [-0.39, 0.29) is 11.5 Å². The first-order valence-electron chi connectivity index (χ1n) is 5.55. The molecule has 0 aliphatic carbocycles. The summed E-state index contributed by atoms with van der Waals surface area (Å²) in [5.74, 6) is 0.238. The summed E-state index contributed by atoms with van der Waals surface area (Å²) in [7, 11) is 0. The molecule has 1 aromatic carbocycles. The fourth-order valence-electron chi connectivity index (χ4n) is 1.22. The van der Waals surface area contributed by atoms with Crippen LogP contribution in [0.4, 0.5) is 5.95 Å². The molecule has 1 heterocycles. The molecular weight excluding hydrogens is 280 g/mol. The number of hydrogen-bond donors (Lipinski definition) is 4. The minimum absolute atomic E-state index is 0.119. The van der Waals surface area contributed by atoms with E-state index >= 15 is 0 Å². The molecule has 1 amide bonds. The van der Waals surface area contributed by atoms with Crippen LogP contribution in [0.2, 0.25) is 0 Å². The maximum Gasteiger partial charge on any atom is 0.240 e. The molecule has 0 saturated carbocycles. The summed E-state index contributed by atoms with van der Waals surface area (Å²) in [6.07, 6.45) is 1.57. The number of carbonyl (C=O) groups is 1. The number of rotatable bonds is 6. The van der Waals surface area contributed by atoms with Crippen molar-refractivity contribution in [2.45, 2.75) is 5.16 Å². The number of aromatic nitrogens is 3. The van der Waals surface area contributed by atoms with E-state index in [0.29, 0.717) is 11.1 Å². The Balaban J connectivity index is 1.87. The molecule has 0 bridgehead atoms. The number of hydrazone groups is 1. The number of carbonyl (C=O) groups excluding carboxylic acids is 1. The van der Waals surface area contributed by atoms with Crippen molar-refractivity contribution in [1.82, 2.24) is 15.2 Å². The topological polar surface area (TPSA) is 129 Å². The maximum absolute atomic E-state index is 10.6. The van der Waals surface area contributed by atoms with Crippen LogP contribution in [0.25, 0.3) is 0 Å². The highest BCUT2D eigenvalue weighted by Gasteiger charge is 2.04. The number of nitrogens with one attached hydrogen (secondary N) is 2. The lowest BCUT2D eigenvalue weighted by atomic mass is 10.2. The molecule has 104 valence electrons. The Morgan fingerprint density at radius 1 is 1.50 bits per heavy atom. The summed E-state index contributed by atoms with van der Waals surface area (Å²) < 4.78 is 0. The summed E-state index contributed by atoms with van der Waals surface area (Å²) in [6.45, 7) is 0. The van der Waals surface area contributed by atoms with Crippen LogP contribution in [-0.2, 0) is 4.79 Å². The van der Waals surface area contributed by atoms with Crippen molar-refractivity contribution in [3.63, 3.8) is 0 Å². The molecule has 0 unspecified atom stereocenters. The molecule has 0 saturated heterocycles. The average Bonchev–Trinajstić information content (AvgIpc) is 2.87. The van der Waals surface area contributed by atoms with Crippen LogP contribution in [-0.4, -0.2) is 38.2 Å². The van der Waals surface area contributed by atoms with Crippen molar-refractivity contribution < 1.29 is 9.90 Å². The number of hydrogen-bond acceptors (Lipinski definition) is 7. The molecule has 0 aliphatic heterocycles. The highest BCUT2D eigenvalue weighted by molar-refractivity contribution is 7.99. The van der Waals surface area contributed by atoms with Crippen molar-refractivity contribution in [3.8, 4) is 5.75 Å². The first-order valence-corrected chi connectivity index (χ1v) is 6.53. The smallest absolute Gasteiger partial charge is 0.240 e. The van der Waals surface area contributed by atoms with Crippen molar-refractivity contribution in [2.75, 3.05) is 11.2 Å². The number of thioether (sulfide) groups is 1. The summed E-state index contributed by atoms with van der Waals surface area (Å²) in [6, 6.07) is 6.56. The summed E-state index contributed by atoms with van der Waals surface area (Å²) in [5, 5.41) is 20.0. The molecule has 0 aliphatic rings. The van der Waals surface area contributed by atoms with E-state index in [9.17, 15) is 4.79 Å². The number of aromatic amines is 1. The summed E-state index contributed by atoms with van der Waals surface area (Å²) in [5.41, 5.74) is 8.50. The van der Waals surface area contributed by atoms with Gasteiger partial charge in [-0.3, -0.25) is 4.79 Å². The summed E-state index contributed by atoms with van der Waals surface area (Å²) in [4.78, 5) is 14.7. The van der Waals surface area contributed by atoms with Gasteiger partial charge in [-0.15, -0.1) is 5.10 Å². The number of nitrogens with zero attached hydrogens (tertiary/aromatic N) is 3. The van der Waals surface area contributed by atoms with Gasteiger partial charge in [-0.1, -0.05) is 11.8 Å². The third kappa shape index (κ3) is 4.28. The Hall–Kier alpha value is -2.55. The second-order valence-corrected chi connectivity index (χ2v) is 4.63. The Kier molecular flexibility index (Phi) is 4.56. The Morgan fingerprint density at radius 2 is 2.25 bits per heavy atom. The number of H-pyrrole nitrogens is 1. The van der Waals surface area contributed by atoms with Crippen molar-refractivity contribution >= 4 is 29.8 Å². The Morgan fingerprint density at radius 3 is 2.95 bits per heavy atom. The van der Waals surface area contributed by atoms with Crippen LogP contribution in [0.3, 0.4) is 0 Å². The predicted octanol–water partition coefficient (Wildman–Crippen LogP) is 0.534. The third-order valence-corrected chi connectivity index (χ3v) is 2.96. The molecule has 1 aromatic heterocycles. The highest BCUT2D eigenvalue weighted by Crippen LogP contribution is 2.13. The molecule has 0 atom stereocenters. The number of aromatic hydroxyl groups is 1. The van der Waals surface area contributed by atoms with E-state index in [0.717, 1.165) is 17.3 Å². The van der Waals surface area contributed by atoms with Crippen molar-refractivity contribution in [2.24, 2.45) is 10.8 Å². The number of amides is 1. The number of nitrogens with two attached hydrogens (primary N) is 1. The van der Waals surface area contributed by atoms with Gasteiger partial charge in [-0.2, -0.15) is 10.1 Å². The van der Waals surface area contributed by atoms with E-state index in [1.807, 2.05) is 0 Å². The lowest BCUT2D eigenvalue weighted by molar-refractivity contribution is -0.115. The van der Waals surface area contributed by atoms with Gasteiger partial charge in [0, 0.05) is 0 Å². The van der Waals surface area contributed by atoms with Crippen LogP contribution in [0.15, 0.2) is 34.5 Å². The zero-order valence-corrected chi connectivity index (χ0v) is 11.1. The molecule has 9 heteroatoms. The van der Waals surface area contributed by atoms with Gasteiger partial charge in [0.2, 0.25) is 17.0 Å². The first kappa shape index (κ1) is 13.9. The van der Waals surface area contributed by atoms with Crippen LogP contribution >= 0.6 is 11.8 Å². The van der Waals surface area contributed by atoms with Crippen molar-refractivity contribution in [1.29, 1.82) is 0 Å². The van der Waals surface area contributed by atoms with Crippen molar-refractivity contribution in [3.05, 3.63) is 29.8 Å². The fourth-order valence-corrected chi connectivity index (χ4v) is 1.76. The molecular formula is C11H12N6O2S. The van der Waals surface area contributed by atoms with Gasteiger partial charge < -0.3 is 10.8 Å². The highest BCUT2D eigenvalue weighted by atomic mass is 32.2. The zero-order valence-electron chi connectivity index (χ0n) is 10.3. The predicted molar refractivity (Wildman–Crippen MR) is 75.6 cm³/mol. The molecule has 0 radical (unpaired) electrons. The van der Waals surface area contributed by atoms with E-state index in [4.69, 9.17) is 10.8 Å². The number of anilines is 1. The molecule has 2 rings (SSSR count). The van der Waals surface area contributed by atoms with Gasteiger partial charge in [0.25, 0.3) is 0 Å². The second-order valence-electron chi connectivity index (χ2n) is 3.68. The van der Waals surface area contributed by atoms with E-state index in [1.54, 1.807) is 30.5 Å². The van der Waals surface area contributed by atoms with Crippen LogP contribution in [0, 0.1) is 0 Å². The third-order valence-electron chi connectivity index (χ3n) is 2.09. The maximum atomic E-state index is 10.6. The normalized spacial score (nSPS) is 10.8. The minimum atomic E-state index is -0.431. The molecule has 0 spiro atoms. The number of primary amides is 1. The van der Waals surface area contributed by atoms with E-state index in [2.05, 4.69) is 25.7 Å². The lowest BCUT2D eigenvalue weighted by Crippen LogP contribution is -2.13. The van der Waals surface area contributed by atoms with Crippen LogP contribution in [0.1, 0.15) is 5.56 Å². The monoisotopic (exact) mass is 292 g/mol. The Labute approximate surface area is 118 Å². The number of benzene rings is 1. The quantitative estimate of drug-likeness (QED) is 0.349. The minimum Gasteiger partial charge on any atom is -0.508 e. The molecule has 2 aromatic rings. The van der Waals surface area contributed by atoms with Gasteiger partial charge in [-0.25, -0.2) is 10.5 Å². The van der Waals surface area contributed by atoms with Gasteiger partial charge in [-0.05, 0) is 29.8 Å². The molecule has 5 N–H and O–H groups in total. The summed E-state index contributed by atoms with van der Waals surface area (Å²) >= 11 is 1.13. The molecule has 0 fully saturated rings. The van der Waals surface area contributed by atoms with E-state index in [1.165, 1.54) is 0 Å². The fraction of sp³-hybridized carbons (Fsp3) is 0.0909. The van der Waals surface area contributed by atoms with Gasteiger partial charge >= 0.3 is 0 Å². The van der Waals surface area contributed by atoms with Gasteiger partial charge in [0.05, 0.1) is 12.0 Å². The number of phenolic OH excluding ortho intramolecular Hbond substituents is 1. The van der Waals surface area contributed by atoms with Gasteiger partial charge in [0.1, 0.15) is 5.75 Å². The second kappa shape index (κ2) is 6.57.